The van der Waals surface area contributed by atoms with Gasteiger partial charge in [-0.2, -0.15) is 0 Å². The molecular weight excluding hydrogens is 353 g/mol. The molecule has 1 aromatic carbocycles. The highest BCUT2D eigenvalue weighted by Crippen LogP contribution is 2.21. The lowest BCUT2D eigenvalue weighted by molar-refractivity contribution is -0.131. The first-order valence-corrected chi connectivity index (χ1v) is 9.32. The van der Waals surface area contributed by atoms with Gasteiger partial charge in [0.05, 0.1) is 31.7 Å². The number of ether oxygens (including phenoxy) is 2. The predicted octanol–water partition coefficient (Wildman–Crippen LogP) is 0.676. The molecule has 0 bridgehead atoms. The molecule has 148 valence electrons. The molecule has 27 heavy (non-hydrogen) atoms. The molecule has 2 heterocycles. The molecule has 0 aliphatic carbocycles. The van der Waals surface area contributed by atoms with Crippen LogP contribution in [0.3, 0.4) is 0 Å². The van der Waals surface area contributed by atoms with Gasteiger partial charge in [0.25, 0.3) is 0 Å². The normalized spacial score (nSPS) is 26.3. The maximum absolute atomic E-state index is 13.4. The van der Waals surface area contributed by atoms with Crippen molar-refractivity contribution >= 4 is 11.8 Å². The van der Waals surface area contributed by atoms with Crippen LogP contribution in [-0.2, 0) is 14.3 Å². The molecule has 2 aliphatic rings. The summed E-state index contributed by atoms with van der Waals surface area (Å²) in [5.41, 5.74) is 5.26. The van der Waals surface area contributed by atoms with Gasteiger partial charge < -0.3 is 20.5 Å². The number of nitrogens with two attached hydrogens (primary N) is 1. The number of primary amides is 1. The minimum atomic E-state index is -0.389. The van der Waals surface area contributed by atoms with Gasteiger partial charge in [-0.1, -0.05) is 6.07 Å². The fraction of sp³-hybridized carbons (Fsp3) is 0.579. The van der Waals surface area contributed by atoms with Crippen LogP contribution in [0.1, 0.15) is 19.3 Å². The smallest absolute Gasteiger partial charge is 0.231 e. The Hall–Kier alpha value is -2.19. The SMILES string of the molecule is NC(=O)CN1CCCC(C(=O)N[C@@H]2COCC[C@@H]2Oc2cccc(F)c2)C1. The number of hydrogen-bond acceptors (Lipinski definition) is 5. The van der Waals surface area contributed by atoms with E-state index >= 15 is 0 Å². The van der Waals surface area contributed by atoms with E-state index in [-0.39, 0.29) is 42.2 Å². The van der Waals surface area contributed by atoms with Crippen molar-refractivity contribution in [2.24, 2.45) is 11.7 Å². The summed E-state index contributed by atoms with van der Waals surface area (Å²) in [5, 5.41) is 3.02. The highest BCUT2D eigenvalue weighted by atomic mass is 19.1. The summed E-state index contributed by atoms with van der Waals surface area (Å²) >= 11 is 0. The third-order valence-corrected chi connectivity index (χ3v) is 4.96. The lowest BCUT2D eigenvalue weighted by atomic mass is 9.96. The van der Waals surface area contributed by atoms with Gasteiger partial charge in [-0.25, -0.2) is 4.39 Å². The molecular formula is C19H26FN3O4. The first-order chi connectivity index (χ1) is 13.0. The van der Waals surface area contributed by atoms with Gasteiger partial charge in [0.15, 0.2) is 0 Å². The lowest BCUT2D eigenvalue weighted by Crippen LogP contribution is -2.55. The van der Waals surface area contributed by atoms with Gasteiger partial charge >= 0.3 is 0 Å². The van der Waals surface area contributed by atoms with E-state index in [0.717, 1.165) is 19.4 Å². The fourth-order valence-electron chi connectivity index (χ4n) is 3.64. The first-order valence-electron chi connectivity index (χ1n) is 9.32. The molecule has 2 amide bonds. The van der Waals surface area contributed by atoms with Gasteiger partial charge in [-0.3, -0.25) is 14.5 Å². The number of halogens is 1. The Morgan fingerprint density at radius 3 is 3.00 bits per heavy atom. The zero-order valence-corrected chi connectivity index (χ0v) is 15.2. The van der Waals surface area contributed by atoms with E-state index in [4.69, 9.17) is 15.2 Å². The van der Waals surface area contributed by atoms with E-state index in [9.17, 15) is 14.0 Å². The molecule has 3 rings (SSSR count). The van der Waals surface area contributed by atoms with Crippen LogP contribution in [0.2, 0.25) is 0 Å². The van der Waals surface area contributed by atoms with Crippen LogP contribution in [0.4, 0.5) is 4.39 Å². The summed E-state index contributed by atoms with van der Waals surface area (Å²) in [6.45, 7) is 2.33. The maximum atomic E-state index is 13.4. The third kappa shape index (κ3) is 5.64. The summed E-state index contributed by atoms with van der Waals surface area (Å²) in [4.78, 5) is 25.8. The summed E-state index contributed by atoms with van der Waals surface area (Å²) in [7, 11) is 0. The molecule has 8 heteroatoms. The number of carbonyl (C=O) groups excluding carboxylic acids is 2. The molecule has 3 atom stereocenters. The van der Waals surface area contributed by atoms with E-state index in [0.29, 0.717) is 31.9 Å². The zero-order valence-electron chi connectivity index (χ0n) is 15.2. The number of rotatable bonds is 6. The average molecular weight is 379 g/mol. The van der Waals surface area contributed by atoms with E-state index in [1.54, 1.807) is 12.1 Å². The Kier molecular flexibility index (Phi) is 6.63. The van der Waals surface area contributed by atoms with Crippen molar-refractivity contribution in [3.05, 3.63) is 30.1 Å². The number of likely N-dealkylation sites (tertiary alicyclic amines) is 1. The van der Waals surface area contributed by atoms with Crippen molar-refractivity contribution in [1.82, 2.24) is 10.2 Å². The number of benzene rings is 1. The van der Waals surface area contributed by atoms with Crippen molar-refractivity contribution in [2.75, 3.05) is 32.8 Å². The van der Waals surface area contributed by atoms with Crippen LogP contribution in [0.25, 0.3) is 0 Å². The molecule has 2 aliphatic heterocycles. The minimum Gasteiger partial charge on any atom is -0.488 e. The number of carbonyl (C=O) groups is 2. The van der Waals surface area contributed by atoms with E-state index < -0.39 is 0 Å². The van der Waals surface area contributed by atoms with Crippen LogP contribution >= 0.6 is 0 Å². The molecule has 0 saturated carbocycles. The third-order valence-electron chi connectivity index (χ3n) is 4.96. The number of piperidine rings is 1. The summed E-state index contributed by atoms with van der Waals surface area (Å²) in [5.74, 6) is -0.592. The molecule has 1 aromatic rings. The molecule has 2 saturated heterocycles. The second-order valence-electron chi connectivity index (χ2n) is 7.13. The second kappa shape index (κ2) is 9.14. The molecule has 0 spiro atoms. The van der Waals surface area contributed by atoms with Crippen LogP contribution in [0, 0.1) is 11.7 Å². The molecule has 1 unspecified atom stereocenters. The van der Waals surface area contributed by atoms with Crippen molar-refractivity contribution in [1.29, 1.82) is 0 Å². The number of hydrogen-bond donors (Lipinski definition) is 2. The Morgan fingerprint density at radius 1 is 1.37 bits per heavy atom. The molecule has 0 aromatic heterocycles. The monoisotopic (exact) mass is 379 g/mol. The topological polar surface area (TPSA) is 93.9 Å². The van der Waals surface area contributed by atoms with Gasteiger partial charge in [0.2, 0.25) is 11.8 Å². The van der Waals surface area contributed by atoms with Crippen molar-refractivity contribution in [3.63, 3.8) is 0 Å². The molecule has 3 N–H and O–H groups in total. The van der Waals surface area contributed by atoms with Gasteiger partial charge in [0.1, 0.15) is 17.7 Å². The Balaban J connectivity index is 1.58. The Morgan fingerprint density at radius 2 is 2.22 bits per heavy atom. The van der Waals surface area contributed by atoms with Crippen LogP contribution < -0.4 is 15.8 Å². The quantitative estimate of drug-likeness (QED) is 0.758. The first kappa shape index (κ1) is 19.6. The number of amides is 2. The van der Waals surface area contributed by atoms with Crippen LogP contribution in [-0.4, -0.2) is 61.7 Å². The average Bonchev–Trinajstić information content (AvgIpc) is 2.63. The van der Waals surface area contributed by atoms with E-state index in [1.165, 1.54) is 12.1 Å². The predicted molar refractivity (Wildman–Crippen MR) is 96.5 cm³/mol. The number of nitrogens with one attached hydrogen (secondary N) is 1. The molecule has 0 radical (unpaired) electrons. The van der Waals surface area contributed by atoms with Crippen LogP contribution in [0.15, 0.2) is 24.3 Å². The van der Waals surface area contributed by atoms with Gasteiger partial charge in [-0.05, 0) is 31.5 Å². The van der Waals surface area contributed by atoms with Crippen molar-refractivity contribution in [2.45, 2.75) is 31.4 Å². The Labute approximate surface area is 158 Å². The summed E-state index contributed by atoms with van der Waals surface area (Å²) < 4.78 is 24.8. The van der Waals surface area contributed by atoms with E-state index in [1.807, 2.05) is 4.90 Å². The van der Waals surface area contributed by atoms with Gasteiger partial charge in [0, 0.05) is 19.0 Å². The summed E-state index contributed by atoms with van der Waals surface area (Å²) in [6, 6.07) is 5.67. The number of nitrogens with zero attached hydrogens (tertiary/aromatic N) is 1. The fourth-order valence-corrected chi connectivity index (χ4v) is 3.64. The van der Waals surface area contributed by atoms with Crippen molar-refractivity contribution in [3.8, 4) is 5.75 Å². The highest BCUT2D eigenvalue weighted by molar-refractivity contribution is 5.80. The summed E-state index contributed by atoms with van der Waals surface area (Å²) in [6.07, 6.45) is 1.94. The standard InChI is InChI=1S/C19H26FN3O4/c20-14-4-1-5-15(9-14)27-17-6-8-26-12-16(17)22-19(25)13-3-2-7-23(10-13)11-18(21)24/h1,4-5,9,13,16-17H,2-3,6-8,10-12H2,(H2,21,24)(H,22,25)/t13?,16-,17+/m1/s1. The van der Waals surface area contributed by atoms with E-state index in [2.05, 4.69) is 5.32 Å². The largest absolute Gasteiger partial charge is 0.488 e. The lowest BCUT2D eigenvalue weighted by Gasteiger charge is -2.35. The second-order valence-corrected chi connectivity index (χ2v) is 7.13. The maximum Gasteiger partial charge on any atom is 0.231 e. The highest BCUT2D eigenvalue weighted by Gasteiger charge is 2.33. The molecule has 2 fully saturated rings. The van der Waals surface area contributed by atoms with Crippen molar-refractivity contribution < 1.29 is 23.5 Å². The zero-order chi connectivity index (χ0) is 19.2. The van der Waals surface area contributed by atoms with Crippen LogP contribution in [0.5, 0.6) is 5.75 Å². The van der Waals surface area contributed by atoms with Gasteiger partial charge in [-0.15, -0.1) is 0 Å². The Bertz CT molecular complexity index is 672. The minimum absolute atomic E-state index is 0.0764. The molecule has 7 nitrogen and oxygen atoms in total.